The van der Waals surface area contributed by atoms with E-state index in [2.05, 4.69) is 15.6 Å². The van der Waals surface area contributed by atoms with Crippen LogP contribution in [0.2, 0.25) is 0 Å². The van der Waals surface area contributed by atoms with Crippen molar-refractivity contribution in [2.75, 3.05) is 5.32 Å². The van der Waals surface area contributed by atoms with Crippen molar-refractivity contribution in [1.29, 1.82) is 0 Å². The summed E-state index contributed by atoms with van der Waals surface area (Å²) in [5.41, 5.74) is 3.30. The molecule has 6 heteroatoms. The lowest BCUT2D eigenvalue weighted by atomic mass is 10.1. The zero-order valence-corrected chi connectivity index (χ0v) is 18.0. The van der Waals surface area contributed by atoms with Crippen molar-refractivity contribution in [3.8, 4) is 11.5 Å². The maximum Gasteiger partial charge on any atom is 0.277 e. The molecule has 33 heavy (non-hydrogen) atoms. The van der Waals surface area contributed by atoms with Crippen LogP contribution >= 0.6 is 0 Å². The molecule has 3 aromatic carbocycles. The molecule has 2 N–H and O–H groups in total. The van der Waals surface area contributed by atoms with Gasteiger partial charge in [-0.15, -0.1) is 0 Å². The third kappa shape index (κ3) is 4.85. The molecule has 0 atom stereocenters. The number of amides is 2. The Morgan fingerprint density at radius 3 is 2.18 bits per heavy atom. The van der Waals surface area contributed by atoms with E-state index in [-0.39, 0.29) is 17.7 Å². The Labute approximate surface area is 191 Å². The number of hydrogen-bond donors (Lipinski definition) is 2. The fourth-order valence-electron chi connectivity index (χ4n) is 3.60. The molecule has 1 aromatic heterocycles. The Balaban J connectivity index is 1.26. The molecular weight excluding hydrogens is 414 g/mol. The van der Waals surface area contributed by atoms with Gasteiger partial charge in [0.25, 0.3) is 11.8 Å². The molecule has 1 fully saturated rings. The molecule has 1 saturated carbocycles. The van der Waals surface area contributed by atoms with Crippen molar-refractivity contribution in [3.63, 3.8) is 0 Å². The Morgan fingerprint density at radius 1 is 0.848 bits per heavy atom. The molecule has 1 heterocycles. The maximum atomic E-state index is 13.0. The van der Waals surface area contributed by atoms with Crippen LogP contribution in [0.25, 0.3) is 11.5 Å². The first-order chi connectivity index (χ1) is 16.2. The van der Waals surface area contributed by atoms with Gasteiger partial charge in [-0.1, -0.05) is 48.5 Å². The van der Waals surface area contributed by atoms with E-state index in [0.717, 1.165) is 24.0 Å². The molecule has 6 nitrogen and oxygen atoms in total. The summed E-state index contributed by atoms with van der Waals surface area (Å²) < 4.78 is 5.97. The lowest BCUT2D eigenvalue weighted by Gasteiger charge is -2.07. The molecule has 0 unspecified atom stereocenters. The summed E-state index contributed by atoms with van der Waals surface area (Å²) in [6, 6.07) is 26.1. The zero-order valence-electron chi connectivity index (χ0n) is 18.0. The van der Waals surface area contributed by atoms with Crippen molar-refractivity contribution in [2.24, 2.45) is 0 Å². The van der Waals surface area contributed by atoms with Gasteiger partial charge in [0.05, 0.1) is 0 Å². The molecule has 0 bridgehead atoms. The quantitative estimate of drug-likeness (QED) is 0.405. The molecule has 0 spiro atoms. The van der Waals surface area contributed by atoms with Gasteiger partial charge in [0.1, 0.15) is 5.76 Å². The average molecular weight is 437 g/mol. The van der Waals surface area contributed by atoms with Crippen LogP contribution in [-0.2, 0) is 6.54 Å². The second-order valence-electron chi connectivity index (χ2n) is 8.07. The topological polar surface area (TPSA) is 84.2 Å². The van der Waals surface area contributed by atoms with Crippen LogP contribution in [0.5, 0.6) is 0 Å². The van der Waals surface area contributed by atoms with Crippen LogP contribution in [0.3, 0.4) is 0 Å². The lowest BCUT2D eigenvalue weighted by molar-refractivity contribution is 0.0950. The zero-order chi connectivity index (χ0) is 22.6. The average Bonchev–Trinajstić information content (AvgIpc) is 3.62. The molecule has 1 aliphatic rings. The molecule has 5 rings (SSSR count). The van der Waals surface area contributed by atoms with Crippen LogP contribution < -0.4 is 10.6 Å². The highest BCUT2D eigenvalue weighted by atomic mass is 16.4. The first-order valence-electron chi connectivity index (χ1n) is 11.0. The number of anilines is 1. The third-order valence-corrected chi connectivity index (χ3v) is 5.54. The summed E-state index contributed by atoms with van der Waals surface area (Å²) in [4.78, 5) is 29.9. The van der Waals surface area contributed by atoms with Gasteiger partial charge in [0, 0.05) is 29.3 Å². The number of carbonyl (C=O) groups is 2. The van der Waals surface area contributed by atoms with Crippen LogP contribution in [0.1, 0.15) is 50.9 Å². The Morgan fingerprint density at radius 2 is 1.52 bits per heavy atom. The smallest absolute Gasteiger partial charge is 0.277 e. The number of benzene rings is 3. The third-order valence-electron chi connectivity index (χ3n) is 5.54. The normalized spacial score (nSPS) is 12.8. The number of oxazole rings is 1. The summed E-state index contributed by atoms with van der Waals surface area (Å²) in [6.07, 6.45) is 1.99. The molecular formula is C27H23N3O3. The van der Waals surface area contributed by atoms with Gasteiger partial charge in [-0.05, 0) is 54.8 Å². The Hall–Kier alpha value is -4.19. The SMILES string of the molecule is O=C(NCc1ccccc1)c1ccc(NC(=O)c2nc(-c3ccccc3)oc2C2CC2)cc1. The predicted octanol–water partition coefficient (Wildman–Crippen LogP) is 5.40. The molecule has 0 aliphatic heterocycles. The fourth-order valence-corrected chi connectivity index (χ4v) is 3.60. The number of carbonyl (C=O) groups excluding carboxylic acids is 2. The predicted molar refractivity (Wildman–Crippen MR) is 126 cm³/mol. The van der Waals surface area contributed by atoms with E-state index in [1.807, 2.05) is 60.7 Å². The monoisotopic (exact) mass is 437 g/mol. The van der Waals surface area contributed by atoms with E-state index < -0.39 is 0 Å². The van der Waals surface area contributed by atoms with E-state index in [0.29, 0.717) is 35.1 Å². The minimum absolute atomic E-state index is 0.170. The molecule has 164 valence electrons. The van der Waals surface area contributed by atoms with Gasteiger partial charge >= 0.3 is 0 Å². The van der Waals surface area contributed by atoms with Gasteiger partial charge in [-0.3, -0.25) is 9.59 Å². The summed E-state index contributed by atoms with van der Waals surface area (Å²) in [7, 11) is 0. The highest BCUT2D eigenvalue weighted by molar-refractivity contribution is 6.04. The number of aromatic nitrogens is 1. The summed E-state index contributed by atoms with van der Waals surface area (Å²) >= 11 is 0. The molecule has 2 amide bonds. The van der Waals surface area contributed by atoms with E-state index in [1.54, 1.807) is 24.3 Å². The van der Waals surface area contributed by atoms with Gasteiger partial charge in [-0.2, -0.15) is 0 Å². The number of rotatable bonds is 7. The van der Waals surface area contributed by atoms with E-state index in [4.69, 9.17) is 4.42 Å². The van der Waals surface area contributed by atoms with Crippen molar-refractivity contribution >= 4 is 17.5 Å². The van der Waals surface area contributed by atoms with Crippen molar-refractivity contribution < 1.29 is 14.0 Å². The summed E-state index contributed by atoms with van der Waals surface area (Å²) in [5, 5.41) is 5.77. The first kappa shape index (κ1) is 20.7. The second-order valence-corrected chi connectivity index (χ2v) is 8.07. The highest BCUT2D eigenvalue weighted by Gasteiger charge is 2.34. The van der Waals surface area contributed by atoms with Gasteiger partial charge < -0.3 is 15.1 Å². The number of nitrogens with one attached hydrogen (secondary N) is 2. The Bertz CT molecular complexity index is 1260. The van der Waals surface area contributed by atoms with Gasteiger partial charge in [0.15, 0.2) is 5.69 Å². The number of nitrogens with zero attached hydrogens (tertiary/aromatic N) is 1. The largest absolute Gasteiger partial charge is 0.440 e. The van der Waals surface area contributed by atoms with Crippen LogP contribution in [-0.4, -0.2) is 16.8 Å². The standard InChI is InChI=1S/C27H23N3O3/c31-25(28-17-18-7-3-1-4-8-18)20-13-15-22(16-14-20)29-26(32)23-24(19-11-12-19)33-27(30-23)21-9-5-2-6-10-21/h1-10,13-16,19H,11-12,17H2,(H,28,31)(H,29,32). The molecule has 0 saturated heterocycles. The van der Waals surface area contributed by atoms with Gasteiger partial charge in [0.2, 0.25) is 5.89 Å². The lowest BCUT2D eigenvalue weighted by Crippen LogP contribution is -2.22. The van der Waals surface area contributed by atoms with E-state index in [9.17, 15) is 9.59 Å². The molecule has 0 radical (unpaired) electrons. The van der Waals surface area contributed by atoms with Crippen LogP contribution in [0.15, 0.2) is 89.3 Å². The minimum atomic E-state index is -0.316. The maximum absolute atomic E-state index is 13.0. The van der Waals surface area contributed by atoms with Gasteiger partial charge in [-0.25, -0.2) is 4.98 Å². The second kappa shape index (κ2) is 9.12. The molecule has 4 aromatic rings. The minimum Gasteiger partial charge on any atom is -0.440 e. The first-order valence-corrected chi connectivity index (χ1v) is 11.0. The van der Waals surface area contributed by atoms with Crippen LogP contribution in [0, 0.1) is 0 Å². The summed E-state index contributed by atoms with van der Waals surface area (Å²) in [6.45, 7) is 0.456. The fraction of sp³-hybridized carbons (Fsp3) is 0.148. The van der Waals surface area contributed by atoms with Crippen molar-refractivity contribution in [1.82, 2.24) is 10.3 Å². The van der Waals surface area contributed by atoms with E-state index in [1.165, 1.54) is 0 Å². The van der Waals surface area contributed by atoms with Crippen molar-refractivity contribution in [2.45, 2.75) is 25.3 Å². The van der Waals surface area contributed by atoms with Crippen molar-refractivity contribution in [3.05, 3.63) is 108 Å². The number of hydrogen-bond acceptors (Lipinski definition) is 4. The molecule has 1 aliphatic carbocycles. The van der Waals surface area contributed by atoms with Crippen LogP contribution in [0.4, 0.5) is 5.69 Å². The van der Waals surface area contributed by atoms with E-state index >= 15 is 0 Å². The highest BCUT2D eigenvalue weighted by Crippen LogP contribution is 2.43. The Kier molecular flexibility index (Phi) is 5.72. The summed E-state index contributed by atoms with van der Waals surface area (Å²) in [5.74, 6) is 0.851.